The van der Waals surface area contributed by atoms with Crippen molar-refractivity contribution in [3.05, 3.63) is 47.7 Å². The van der Waals surface area contributed by atoms with Crippen molar-refractivity contribution in [2.45, 2.75) is 25.4 Å². The molecule has 94 valence electrons. The molecule has 1 aliphatic rings. The molecule has 1 aliphatic heterocycles. The van der Waals surface area contributed by atoms with Gasteiger partial charge in [0.05, 0.1) is 0 Å². The Bertz CT molecular complexity index is 504. The number of ether oxygens (including phenoxy) is 1. The first-order valence-electron chi connectivity index (χ1n) is 5.84. The summed E-state index contributed by atoms with van der Waals surface area (Å²) < 4.78 is 5.46. The lowest BCUT2D eigenvalue weighted by atomic mass is 9.86. The van der Waals surface area contributed by atoms with Crippen molar-refractivity contribution < 1.29 is 19.4 Å². The van der Waals surface area contributed by atoms with E-state index < -0.39 is 11.6 Å². The second-order valence-electron chi connectivity index (χ2n) is 4.22. The first-order chi connectivity index (χ1) is 8.60. The Kier molecular flexibility index (Phi) is 3.19. The summed E-state index contributed by atoms with van der Waals surface area (Å²) in [6, 6.07) is 9.02. The lowest BCUT2D eigenvalue weighted by molar-refractivity contribution is -0.142. The Morgan fingerprint density at radius 3 is 2.50 bits per heavy atom. The molecule has 4 nitrogen and oxygen atoms in total. The van der Waals surface area contributed by atoms with Crippen molar-refractivity contribution in [1.29, 1.82) is 0 Å². The lowest BCUT2D eigenvalue weighted by Gasteiger charge is -2.27. The number of ketones is 1. The van der Waals surface area contributed by atoms with Crippen molar-refractivity contribution in [2.24, 2.45) is 0 Å². The van der Waals surface area contributed by atoms with E-state index in [-0.39, 0.29) is 11.5 Å². The van der Waals surface area contributed by atoms with Crippen LogP contribution in [0.5, 0.6) is 0 Å². The van der Waals surface area contributed by atoms with E-state index in [0.717, 1.165) is 12.5 Å². The van der Waals surface area contributed by atoms with Gasteiger partial charge in [0.1, 0.15) is 0 Å². The fourth-order valence-corrected chi connectivity index (χ4v) is 2.19. The van der Waals surface area contributed by atoms with Crippen LogP contribution >= 0.6 is 0 Å². The Labute approximate surface area is 105 Å². The molecule has 1 unspecified atom stereocenters. The predicted molar refractivity (Wildman–Crippen MR) is 64.8 cm³/mol. The van der Waals surface area contributed by atoms with E-state index >= 15 is 0 Å². The highest BCUT2D eigenvalue weighted by molar-refractivity contribution is 6.05. The second kappa shape index (κ2) is 4.64. The van der Waals surface area contributed by atoms with Gasteiger partial charge in [-0.1, -0.05) is 43.7 Å². The fraction of sp³-hybridized carbons (Fsp3) is 0.286. The molecule has 0 fully saturated rings. The first-order valence-corrected chi connectivity index (χ1v) is 5.84. The maximum atomic E-state index is 12.1. The maximum absolute atomic E-state index is 12.1. The molecule has 1 heterocycles. The van der Waals surface area contributed by atoms with Gasteiger partial charge in [-0.2, -0.15) is 0 Å². The summed E-state index contributed by atoms with van der Waals surface area (Å²) in [4.78, 5) is 23.1. The molecule has 1 N–H and O–H groups in total. The van der Waals surface area contributed by atoms with Crippen LogP contribution < -0.4 is 0 Å². The van der Waals surface area contributed by atoms with Gasteiger partial charge in [-0.15, -0.1) is 0 Å². The molecule has 0 saturated carbocycles. The van der Waals surface area contributed by atoms with Crippen LogP contribution in [0.15, 0.2) is 42.2 Å². The highest BCUT2D eigenvalue weighted by atomic mass is 16.5. The summed E-state index contributed by atoms with van der Waals surface area (Å²) in [5, 5.41) is 8.93. The zero-order chi connectivity index (χ0) is 13.2. The molecule has 0 bridgehead atoms. The monoisotopic (exact) mass is 246 g/mol. The van der Waals surface area contributed by atoms with Crippen LogP contribution in [0.25, 0.3) is 0 Å². The molecule has 0 aromatic heterocycles. The van der Waals surface area contributed by atoms with Gasteiger partial charge in [-0.3, -0.25) is 4.79 Å². The van der Waals surface area contributed by atoms with Crippen molar-refractivity contribution in [2.75, 3.05) is 0 Å². The van der Waals surface area contributed by atoms with Gasteiger partial charge in [-0.25, -0.2) is 4.79 Å². The summed E-state index contributed by atoms with van der Waals surface area (Å²) in [5.41, 5.74) is -0.464. The van der Waals surface area contributed by atoms with Crippen molar-refractivity contribution >= 4 is 11.8 Å². The van der Waals surface area contributed by atoms with E-state index in [1.54, 1.807) is 12.1 Å². The minimum absolute atomic E-state index is 0.280. The third-order valence-corrected chi connectivity index (χ3v) is 3.00. The molecule has 0 amide bonds. The van der Waals surface area contributed by atoms with Gasteiger partial charge in [0.25, 0.3) is 0 Å². The van der Waals surface area contributed by atoms with Gasteiger partial charge in [0.15, 0.2) is 5.60 Å². The highest BCUT2D eigenvalue weighted by Gasteiger charge is 2.46. The van der Waals surface area contributed by atoms with E-state index in [4.69, 9.17) is 9.84 Å². The Balaban J connectivity index is 2.43. The fourth-order valence-electron chi connectivity index (χ4n) is 2.19. The van der Waals surface area contributed by atoms with Gasteiger partial charge >= 0.3 is 5.97 Å². The number of hydrogen-bond donors (Lipinski definition) is 1. The van der Waals surface area contributed by atoms with Crippen LogP contribution in [0.1, 0.15) is 25.3 Å². The molecule has 0 spiro atoms. The number of aliphatic carboxylic acids is 1. The predicted octanol–water partition coefficient (Wildman–Crippen LogP) is 2.25. The van der Waals surface area contributed by atoms with Crippen LogP contribution in [0.4, 0.5) is 0 Å². The summed E-state index contributed by atoms with van der Waals surface area (Å²) in [7, 11) is 0. The molecule has 1 aromatic rings. The number of rotatable bonds is 4. The topological polar surface area (TPSA) is 63.6 Å². The number of carbonyl (C=O) groups excluding carboxylic acids is 1. The molecule has 2 rings (SSSR count). The zero-order valence-electron chi connectivity index (χ0n) is 10.1. The quantitative estimate of drug-likeness (QED) is 0.885. The third kappa shape index (κ3) is 1.90. The van der Waals surface area contributed by atoms with Crippen LogP contribution in [0.3, 0.4) is 0 Å². The molecule has 1 aromatic carbocycles. The minimum atomic E-state index is -1.21. The SMILES string of the molecule is CCCC1(c2ccccc2)OC(C(=O)O)=CC1=O. The Morgan fingerprint density at radius 1 is 1.33 bits per heavy atom. The van der Waals surface area contributed by atoms with Gasteiger partial charge in [0.2, 0.25) is 11.5 Å². The Morgan fingerprint density at radius 2 is 2.00 bits per heavy atom. The molecule has 18 heavy (non-hydrogen) atoms. The van der Waals surface area contributed by atoms with Gasteiger partial charge in [0, 0.05) is 11.6 Å². The standard InChI is InChI=1S/C14H14O4/c1-2-8-14(10-6-4-3-5-7-10)12(15)9-11(18-14)13(16)17/h3-7,9H,2,8H2,1H3,(H,16,17). The normalized spacial score (nSPS) is 22.5. The zero-order valence-corrected chi connectivity index (χ0v) is 10.1. The largest absolute Gasteiger partial charge is 0.475 e. The summed E-state index contributed by atoms with van der Waals surface area (Å²) >= 11 is 0. The number of benzene rings is 1. The number of carboxylic acids is 1. The minimum Gasteiger partial charge on any atom is -0.475 e. The van der Waals surface area contributed by atoms with Crippen LogP contribution in [-0.4, -0.2) is 16.9 Å². The van der Waals surface area contributed by atoms with E-state index in [2.05, 4.69) is 0 Å². The molecular weight excluding hydrogens is 232 g/mol. The van der Waals surface area contributed by atoms with E-state index in [1.807, 2.05) is 25.1 Å². The average molecular weight is 246 g/mol. The van der Waals surface area contributed by atoms with Crippen molar-refractivity contribution in [1.82, 2.24) is 0 Å². The van der Waals surface area contributed by atoms with Gasteiger partial charge < -0.3 is 9.84 Å². The summed E-state index contributed by atoms with van der Waals surface area (Å²) in [6.45, 7) is 1.93. The smallest absolute Gasteiger partial charge is 0.371 e. The molecule has 0 saturated heterocycles. The molecule has 0 aliphatic carbocycles. The van der Waals surface area contributed by atoms with Crippen molar-refractivity contribution in [3.8, 4) is 0 Å². The number of carbonyl (C=O) groups is 2. The molecule has 0 radical (unpaired) electrons. The third-order valence-electron chi connectivity index (χ3n) is 3.00. The summed E-state index contributed by atoms with van der Waals surface area (Å²) in [5.74, 6) is -1.79. The van der Waals surface area contributed by atoms with E-state index in [0.29, 0.717) is 12.0 Å². The average Bonchev–Trinajstić information content (AvgIpc) is 2.70. The van der Waals surface area contributed by atoms with E-state index in [9.17, 15) is 9.59 Å². The summed E-state index contributed by atoms with van der Waals surface area (Å²) in [6.07, 6.45) is 2.26. The highest BCUT2D eigenvalue weighted by Crippen LogP contribution is 2.39. The number of hydrogen-bond acceptors (Lipinski definition) is 3. The lowest BCUT2D eigenvalue weighted by Crippen LogP contribution is -2.33. The number of carboxylic acid groups (broad SMARTS) is 1. The first kappa shape index (κ1) is 12.4. The molecular formula is C14H14O4. The van der Waals surface area contributed by atoms with E-state index in [1.165, 1.54) is 0 Å². The molecule has 4 heteroatoms. The van der Waals surface area contributed by atoms with Gasteiger partial charge in [-0.05, 0) is 6.42 Å². The second-order valence-corrected chi connectivity index (χ2v) is 4.22. The molecule has 1 atom stereocenters. The van der Waals surface area contributed by atoms with Crippen LogP contribution in [0.2, 0.25) is 0 Å². The van der Waals surface area contributed by atoms with Crippen molar-refractivity contribution in [3.63, 3.8) is 0 Å². The maximum Gasteiger partial charge on any atom is 0.371 e. The van der Waals surface area contributed by atoms with Crippen LogP contribution in [0, 0.1) is 0 Å². The van der Waals surface area contributed by atoms with Crippen LogP contribution in [-0.2, 0) is 19.9 Å². The Hall–Kier alpha value is -2.10.